The van der Waals surface area contributed by atoms with Crippen LogP contribution in [0.4, 0.5) is 0 Å². The van der Waals surface area contributed by atoms with Gasteiger partial charge in [-0.05, 0) is 19.3 Å². The Hall–Kier alpha value is -0.840. The minimum atomic E-state index is -0.767. The molecule has 1 aliphatic heterocycles. The van der Waals surface area contributed by atoms with E-state index < -0.39 is 11.3 Å². The van der Waals surface area contributed by atoms with Gasteiger partial charge in [-0.25, -0.2) is 0 Å². The van der Waals surface area contributed by atoms with Crippen molar-refractivity contribution >= 4 is 0 Å². The summed E-state index contributed by atoms with van der Waals surface area (Å²) in [6.07, 6.45) is 2.18. The van der Waals surface area contributed by atoms with Gasteiger partial charge in [0.05, 0.1) is 0 Å². The second kappa shape index (κ2) is 3.36. The number of nitrogens with one attached hydrogen (secondary N) is 1. The van der Waals surface area contributed by atoms with Crippen LogP contribution in [-0.2, 0) is 4.84 Å². The van der Waals surface area contributed by atoms with Gasteiger partial charge >= 0.3 is 0 Å². The monoisotopic (exact) mass is 145 g/mol. The molecule has 1 heterocycles. The van der Waals surface area contributed by atoms with Crippen LogP contribution in [0.1, 0.15) is 19.3 Å². The third-order valence-corrected chi connectivity index (χ3v) is 1.33. The normalized spacial score (nSPS) is 25.8. The van der Waals surface area contributed by atoms with Gasteiger partial charge in [0.1, 0.15) is 0 Å². The lowest BCUT2D eigenvalue weighted by Crippen LogP contribution is -2.34. The van der Waals surface area contributed by atoms with Crippen molar-refractivity contribution in [1.29, 1.82) is 0 Å². The van der Waals surface area contributed by atoms with E-state index >= 15 is 0 Å². The molecule has 0 aromatic heterocycles. The number of piperidine rings is 1. The SMILES string of the molecule is O=[N+]([O-])OC1CCC[CH]N1. The van der Waals surface area contributed by atoms with Crippen molar-refractivity contribution in [3.8, 4) is 0 Å². The third kappa shape index (κ3) is 2.18. The maximum Gasteiger partial charge on any atom is 0.296 e. The van der Waals surface area contributed by atoms with Crippen LogP contribution in [-0.4, -0.2) is 11.3 Å². The van der Waals surface area contributed by atoms with Gasteiger partial charge in [-0.3, -0.25) is 10.2 Å². The summed E-state index contributed by atoms with van der Waals surface area (Å²) in [4.78, 5) is 14.1. The van der Waals surface area contributed by atoms with Crippen molar-refractivity contribution in [2.24, 2.45) is 0 Å². The predicted octanol–water partition coefficient (Wildman–Crippen LogP) is 0.456. The van der Waals surface area contributed by atoms with Crippen LogP contribution in [0, 0.1) is 16.7 Å². The molecule has 1 radical (unpaired) electrons. The van der Waals surface area contributed by atoms with E-state index in [0.29, 0.717) is 6.42 Å². The molecule has 0 aromatic rings. The Bertz CT molecular complexity index is 122. The minimum absolute atomic E-state index is 0.427. The number of rotatable bonds is 2. The minimum Gasteiger partial charge on any atom is -0.295 e. The van der Waals surface area contributed by atoms with Gasteiger partial charge in [0.25, 0.3) is 5.09 Å². The zero-order valence-electron chi connectivity index (χ0n) is 5.45. The molecule has 1 N–H and O–H groups in total. The largest absolute Gasteiger partial charge is 0.296 e. The second-order valence-electron chi connectivity index (χ2n) is 2.12. The average molecular weight is 145 g/mol. The number of nitrogens with zero attached hydrogens (tertiary/aromatic N) is 1. The molecule has 0 spiro atoms. The first-order valence-electron chi connectivity index (χ1n) is 3.18. The molecule has 1 aliphatic rings. The van der Waals surface area contributed by atoms with Crippen LogP contribution < -0.4 is 5.32 Å². The van der Waals surface area contributed by atoms with Crippen molar-refractivity contribution in [3.05, 3.63) is 16.7 Å². The molecule has 1 rings (SSSR count). The zero-order chi connectivity index (χ0) is 7.40. The predicted molar refractivity (Wildman–Crippen MR) is 33.2 cm³/mol. The highest BCUT2D eigenvalue weighted by Crippen LogP contribution is 2.09. The summed E-state index contributed by atoms with van der Waals surface area (Å²) in [7, 11) is 0. The smallest absolute Gasteiger partial charge is 0.295 e. The maximum atomic E-state index is 9.80. The first kappa shape index (κ1) is 7.27. The average Bonchev–Trinajstić information content (AvgIpc) is 1.88. The highest BCUT2D eigenvalue weighted by Gasteiger charge is 2.15. The van der Waals surface area contributed by atoms with Gasteiger partial charge in [0.2, 0.25) is 0 Å². The fourth-order valence-electron chi connectivity index (χ4n) is 0.890. The fraction of sp³-hybridized carbons (Fsp3) is 0.800. The molecule has 0 bridgehead atoms. The zero-order valence-corrected chi connectivity index (χ0v) is 5.45. The van der Waals surface area contributed by atoms with E-state index in [9.17, 15) is 10.1 Å². The molecule has 1 fully saturated rings. The lowest BCUT2D eigenvalue weighted by Gasteiger charge is -2.20. The summed E-state index contributed by atoms with van der Waals surface area (Å²) in [5, 5.41) is 11.8. The highest BCUT2D eigenvalue weighted by atomic mass is 17.0. The first-order valence-corrected chi connectivity index (χ1v) is 3.18. The van der Waals surface area contributed by atoms with Crippen molar-refractivity contribution in [2.75, 3.05) is 0 Å². The van der Waals surface area contributed by atoms with Crippen LogP contribution in [0.2, 0.25) is 0 Å². The summed E-state index contributed by atoms with van der Waals surface area (Å²) in [5.41, 5.74) is 0. The molecule has 5 heteroatoms. The van der Waals surface area contributed by atoms with Crippen molar-refractivity contribution in [2.45, 2.75) is 25.5 Å². The standard InChI is InChI=1S/C5H9N2O3/c8-7(9)10-5-3-1-2-4-6-5/h4-6H,1-3H2. The van der Waals surface area contributed by atoms with Crippen LogP contribution in [0.5, 0.6) is 0 Å². The molecule has 5 nitrogen and oxygen atoms in total. The van der Waals surface area contributed by atoms with Gasteiger partial charge < -0.3 is 0 Å². The van der Waals surface area contributed by atoms with Gasteiger partial charge in [0, 0.05) is 6.54 Å². The Morgan fingerprint density at radius 3 is 3.10 bits per heavy atom. The Labute approximate surface area is 58.5 Å². The molecule has 1 saturated heterocycles. The van der Waals surface area contributed by atoms with Gasteiger partial charge in [-0.2, -0.15) is 0 Å². The summed E-state index contributed by atoms with van der Waals surface area (Å²) < 4.78 is 0. The van der Waals surface area contributed by atoms with E-state index in [0.717, 1.165) is 12.8 Å². The topological polar surface area (TPSA) is 64.4 Å². The summed E-state index contributed by atoms with van der Waals surface area (Å²) in [6, 6.07) is 0. The Balaban J connectivity index is 2.19. The van der Waals surface area contributed by atoms with Gasteiger partial charge in [0.15, 0.2) is 6.23 Å². The quantitative estimate of drug-likeness (QED) is 0.452. The highest BCUT2D eigenvalue weighted by molar-refractivity contribution is 4.71. The van der Waals surface area contributed by atoms with Gasteiger partial charge in [-0.1, -0.05) is 0 Å². The van der Waals surface area contributed by atoms with Gasteiger partial charge in [-0.15, -0.1) is 10.1 Å². The van der Waals surface area contributed by atoms with Crippen LogP contribution >= 0.6 is 0 Å². The van der Waals surface area contributed by atoms with Crippen molar-refractivity contribution in [3.63, 3.8) is 0 Å². The lowest BCUT2D eigenvalue weighted by molar-refractivity contribution is -0.770. The van der Waals surface area contributed by atoms with E-state index in [1.54, 1.807) is 6.54 Å². The molecular weight excluding hydrogens is 136 g/mol. The summed E-state index contributed by atoms with van der Waals surface area (Å²) in [6.45, 7) is 1.79. The second-order valence-corrected chi connectivity index (χ2v) is 2.12. The van der Waals surface area contributed by atoms with E-state index in [1.165, 1.54) is 0 Å². The molecule has 10 heavy (non-hydrogen) atoms. The van der Waals surface area contributed by atoms with Crippen molar-refractivity contribution in [1.82, 2.24) is 5.32 Å². The fourth-order valence-corrected chi connectivity index (χ4v) is 0.890. The van der Waals surface area contributed by atoms with E-state index in [4.69, 9.17) is 0 Å². The maximum absolute atomic E-state index is 9.80. The molecule has 0 saturated carbocycles. The van der Waals surface area contributed by atoms with E-state index in [2.05, 4.69) is 10.2 Å². The van der Waals surface area contributed by atoms with Crippen molar-refractivity contribution < 1.29 is 9.92 Å². The van der Waals surface area contributed by atoms with Crippen LogP contribution in [0.3, 0.4) is 0 Å². The molecule has 57 valence electrons. The molecule has 1 atom stereocenters. The molecule has 0 amide bonds. The Kier molecular flexibility index (Phi) is 2.44. The molecular formula is C5H9N2O3. The lowest BCUT2D eigenvalue weighted by atomic mass is 10.1. The molecule has 0 aromatic carbocycles. The first-order chi connectivity index (χ1) is 4.79. The van der Waals surface area contributed by atoms with Crippen LogP contribution in [0.15, 0.2) is 0 Å². The summed E-state index contributed by atoms with van der Waals surface area (Å²) in [5.74, 6) is 0. The molecule has 0 aliphatic carbocycles. The van der Waals surface area contributed by atoms with E-state index in [-0.39, 0.29) is 0 Å². The Morgan fingerprint density at radius 2 is 2.60 bits per heavy atom. The Morgan fingerprint density at radius 1 is 1.80 bits per heavy atom. The molecule has 1 unspecified atom stereocenters. The number of hydrogen-bond donors (Lipinski definition) is 1. The van der Waals surface area contributed by atoms with E-state index in [1.807, 2.05) is 0 Å². The number of hydrogen-bond acceptors (Lipinski definition) is 4. The summed E-state index contributed by atoms with van der Waals surface area (Å²) >= 11 is 0. The van der Waals surface area contributed by atoms with Crippen LogP contribution in [0.25, 0.3) is 0 Å². The third-order valence-electron chi connectivity index (χ3n) is 1.33.